The molecule has 1 atom stereocenters. The molecule has 27 heavy (non-hydrogen) atoms. The minimum Gasteiger partial charge on any atom is -0.342 e. The molecule has 3 aliphatic rings. The Morgan fingerprint density at radius 1 is 1.11 bits per heavy atom. The van der Waals surface area contributed by atoms with Crippen LogP contribution >= 0.6 is 11.8 Å². The fourth-order valence-corrected chi connectivity index (χ4v) is 5.45. The Hall–Kier alpha value is -2.02. The average Bonchev–Trinajstić information content (AvgIpc) is 3.14. The molecule has 0 bridgehead atoms. The molecule has 3 saturated heterocycles. The number of thioether (sulfide) groups is 1. The molecule has 1 spiro atoms. The molecular formula is C20H25N3O3S. The molecule has 0 radical (unpaired) electrons. The number of nitrogens with zero attached hydrogens (tertiary/aromatic N) is 2. The highest BCUT2D eigenvalue weighted by Gasteiger charge is 2.52. The second-order valence-electron chi connectivity index (χ2n) is 7.69. The van der Waals surface area contributed by atoms with Crippen molar-refractivity contribution in [1.82, 2.24) is 15.1 Å². The Morgan fingerprint density at radius 2 is 1.85 bits per heavy atom. The Kier molecular flexibility index (Phi) is 5.12. The second-order valence-corrected chi connectivity index (χ2v) is 8.91. The maximum atomic E-state index is 12.9. The monoisotopic (exact) mass is 387 g/mol. The fourth-order valence-electron chi connectivity index (χ4n) is 4.26. The third-order valence-corrected chi connectivity index (χ3v) is 6.83. The van der Waals surface area contributed by atoms with E-state index in [2.05, 4.69) is 17.4 Å². The summed E-state index contributed by atoms with van der Waals surface area (Å²) in [6, 6.07) is 9.82. The van der Waals surface area contributed by atoms with E-state index in [4.69, 9.17) is 0 Å². The molecule has 0 saturated carbocycles. The van der Waals surface area contributed by atoms with Gasteiger partial charge in [-0.2, -0.15) is 11.8 Å². The van der Waals surface area contributed by atoms with Gasteiger partial charge in [-0.3, -0.25) is 14.5 Å². The summed E-state index contributed by atoms with van der Waals surface area (Å²) in [5, 5.41) is 2.94. The summed E-state index contributed by atoms with van der Waals surface area (Å²) >= 11 is 1.82. The van der Waals surface area contributed by atoms with E-state index in [1.165, 1.54) is 10.5 Å². The van der Waals surface area contributed by atoms with Crippen LogP contribution in [0.2, 0.25) is 0 Å². The number of benzene rings is 1. The van der Waals surface area contributed by atoms with E-state index in [9.17, 15) is 14.4 Å². The summed E-state index contributed by atoms with van der Waals surface area (Å²) in [6.45, 7) is 1.64. The van der Waals surface area contributed by atoms with Crippen LogP contribution in [-0.4, -0.2) is 64.3 Å². The average molecular weight is 388 g/mol. The van der Waals surface area contributed by atoms with Crippen LogP contribution in [0.1, 0.15) is 24.8 Å². The van der Waals surface area contributed by atoms with Gasteiger partial charge in [0.1, 0.15) is 5.54 Å². The summed E-state index contributed by atoms with van der Waals surface area (Å²) in [4.78, 5) is 40.9. The number of nitrogens with one attached hydrogen (secondary N) is 1. The van der Waals surface area contributed by atoms with Crippen molar-refractivity contribution in [2.75, 3.05) is 31.1 Å². The molecule has 3 fully saturated rings. The maximum absolute atomic E-state index is 12.9. The Morgan fingerprint density at radius 3 is 2.59 bits per heavy atom. The maximum Gasteiger partial charge on any atom is 0.325 e. The zero-order valence-electron chi connectivity index (χ0n) is 15.4. The third kappa shape index (κ3) is 3.70. The van der Waals surface area contributed by atoms with Crippen molar-refractivity contribution in [3.05, 3.63) is 35.9 Å². The van der Waals surface area contributed by atoms with Crippen molar-refractivity contribution < 1.29 is 14.4 Å². The standard InChI is InChI=1S/C20H25N3O3S/c24-17-12-16(13-22(17)9-6-15-4-2-1-3-5-15)14-23-18(25)20(21-19(23)26)7-10-27-11-8-20/h1-5,16H,6-14H2,(H,21,26). The third-order valence-electron chi connectivity index (χ3n) is 5.84. The van der Waals surface area contributed by atoms with Gasteiger partial charge in [0.05, 0.1) is 0 Å². The Bertz CT molecular complexity index is 733. The van der Waals surface area contributed by atoms with Crippen LogP contribution in [0.25, 0.3) is 0 Å². The van der Waals surface area contributed by atoms with E-state index in [0.29, 0.717) is 38.9 Å². The van der Waals surface area contributed by atoms with E-state index < -0.39 is 5.54 Å². The summed E-state index contributed by atoms with van der Waals surface area (Å²) in [7, 11) is 0. The van der Waals surface area contributed by atoms with Gasteiger partial charge in [0.2, 0.25) is 5.91 Å². The van der Waals surface area contributed by atoms with Crippen molar-refractivity contribution >= 4 is 29.6 Å². The number of carbonyl (C=O) groups is 3. The van der Waals surface area contributed by atoms with E-state index in [0.717, 1.165) is 17.9 Å². The van der Waals surface area contributed by atoms with Crippen molar-refractivity contribution in [2.24, 2.45) is 5.92 Å². The van der Waals surface area contributed by atoms with E-state index in [-0.39, 0.29) is 23.8 Å². The predicted octanol–water partition coefficient (Wildman–Crippen LogP) is 1.90. The Balaban J connectivity index is 1.34. The molecule has 1 unspecified atom stereocenters. The van der Waals surface area contributed by atoms with Crippen LogP contribution in [0.3, 0.4) is 0 Å². The first-order valence-corrected chi connectivity index (χ1v) is 10.8. The van der Waals surface area contributed by atoms with Gasteiger partial charge in [-0.1, -0.05) is 30.3 Å². The lowest BCUT2D eigenvalue weighted by Crippen LogP contribution is -2.49. The summed E-state index contributed by atoms with van der Waals surface area (Å²) in [5.41, 5.74) is 0.512. The number of rotatable bonds is 5. The molecule has 4 rings (SSSR count). The predicted molar refractivity (Wildman–Crippen MR) is 104 cm³/mol. The summed E-state index contributed by atoms with van der Waals surface area (Å²) in [6.07, 6.45) is 2.63. The van der Waals surface area contributed by atoms with Crippen molar-refractivity contribution in [2.45, 2.75) is 31.2 Å². The van der Waals surface area contributed by atoms with Crippen LogP contribution in [0.4, 0.5) is 4.79 Å². The minimum absolute atomic E-state index is 0.0242. The first-order chi connectivity index (χ1) is 13.1. The number of urea groups is 1. The number of carbonyl (C=O) groups excluding carboxylic acids is 3. The molecular weight excluding hydrogens is 362 g/mol. The lowest BCUT2D eigenvalue weighted by atomic mass is 9.92. The van der Waals surface area contributed by atoms with Crippen molar-refractivity contribution in [3.8, 4) is 0 Å². The topological polar surface area (TPSA) is 69.7 Å². The molecule has 1 aromatic carbocycles. The largest absolute Gasteiger partial charge is 0.342 e. The SMILES string of the molecule is O=C1CC(CN2C(=O)NC3(CCSCC3)C2=O)CN1CCc1ccccc1. The number of hydrogen-bond acceptors (Lipinski definition) is 4. The molecule has 0 aromatic heterocycles. The zero-order valence-corrected chi connectivity index (χ0v) is 16.2. The molecule has 1 aromatic rings. The summed E-state index contributed by atoms with van der Waals surface area (Å²) < 4.78 is 0. The molecule has 6 nitrogen and oxygen atoms in total. The van der Waals surface area contributed by atoms with Crippen LogP contribution in [0.5, 0.6) is 0 Å². The number of imide groups is 1. The van der Waals surface area contributed by atoms with Gasteiger partial charge in [-0.15, -0.1) is 0 Å². The lowest BCUT2D eigenvalue weighted by molar-refractivity contribution is -0.132. The van der Waals surface area contributed by atoms with Crippen molar-refractivity contribution in [3.63, 3.8) is 0 Å². The number of amides is 4. The molecule has 144 valence electrons. The highest BCUT2D eigenvalue weighted by Crippen LogP contribution is 2.33. The van der Waals surface area contributed by atoms with E-state index >= 15 is 0 Å². The lowest BCUT2D eigenvalue weighted by Gasteiger charge is -2.30. The molecule has 4 amide bonds. The number of likely N-dealkylation sites (tertiary alicyclic amines) is 1. The normalized spacial score (nSPS) is 24.7. The van der Waals surface area contributed by atoms with Crippen LogP contribution in [0, 0.1) is 5.92 Å². The molecule has 3 heterocycles. The van der Waals surface area contributed by atoms with Gasteiger partial charge in [0.25, 0.3) is 5.91 Å². The Labute approximate surface area is 163 Å². The molecule has 7 heteroatoms. The van der Waals surface area contributed by atoms with Gasteiger partial charge < -0.3 is 10.2 Å². The minimum atomic E-state index is -0.696. The van der Waals surface area contributed by atoms with Crippen LogP contribution in [-0.2, 0) is 16.0 Å². The smallest absolute Gasteiger partial charge is 0.325 e. The van der Waals surface area contributed by atoms with Gasteiger partial charge in [-0.25, -0.2) is 4.79 Å². The van der Waals surface area contributed by atoms with Crippen molar-refractivity contribution in [1.29, 1.82) is 0 Å². The quantitative estimate of drug-likeness (QED) is 0.784. The second kappa shape index (κ2) is 7.54. The first-order valence-electron chi connectivity index (χ1n) is 9.61. The highest BCUT2D eigenvalue weighted by molar-refractivity contribution is 7.99. The fraction of sp³-hybridized carbons (Fsp3) is 0.550. The van der Waals surface area contributed by atoms with Gasteiger partial charge >= 0.3 is 6.03 Å². The summed E-state index contributed by atoms with van der Waals surface area (Å²) in [5.74, 6) is 1.84. The van der Waals surface area contributed by atoms with Gasteiger partial charge in [0, 0.05) is 32.0 Å². The van der Waals surface area contributed by atoms with E-state index in [1.54, 1.807) is 0 Å². The van der Waals surface area contributed by atoms with Crippen LogP contribution in [0.15, 0.2) is 30.3 Å². The van der Waals surface area contributed by atoms with E-state index in [1.807, 2.05) is 34.9 Å². The van der Waals surface area contributed by atoms with Gasteiger partial charge in [-0.05, 0) is 36.3 Å². The molecule has 3 aliphatic heterocycles. The van der Waals surface area contributed by atoms with Crippen LogP contribution < -0.4 is 5.32 Å². The van der Waals surface area contributed by atoms with Gasteiger partial charge in [0.15, 0.2) is 0 Å². The number of hydrogen-bond donors (Lipinski definition) is 1. The molecule has 1 N–H and O–H groups in total. The highest BCUT2D eigenvalue weighted by atomic mass is 32.2. The first kappa shape index (κ1) is 18.3. The molecule has 0 aliphatic carbocycles. The zero-order chi connectivity index (χ0) is 18.9.